The number of hydrogen-bond acceptors (Lipinski definition) is 2. The third-order valence-electron chi connectivity index (χ3n) is 0.564. The second-order valence-corrected chi connectivity index (χ2v) is 1.16. The molecule has 4 heteroatoms. The van der Waals surface area contributed by atoms with E-state index < -0.39 is 12.3 Å². The zero-order valence-corrected chi connectivity index (χ0v) is 3.88. The van der Waals surface area contributed by atoms with Gasteiger partial charge in [-0.2, -0.15) is 0 Å². The van der Waals surface area contributed by atoms with Gasteiger partial charge < -0.3 is 0 Å². The average molecular weight is 122 g/mol. The lowest BCUT2D eigenvalue weighted by Crippen LogP contribution is -2.19. The molecule has 2 unspecified atom stereocenters. The maximum absolute atomic E-state index is 11.6. The lowest BCUT2D eigenvalue weighted by molar-refractivity contribution is -0.121. The molecule has 0 aromatic carbocycles. The number of halogens is 2. The van der Waals surface area contributed by atoms with Gasteiger partial charge in [-0.15, -0.1) is 0 Å². The van der Waals surface area contributed by atoms with Crippen molar-refractivity contribution in [3.05, 3.63) is 0 Å². The standard InChI is InChI=1S/C4H4F2O2/c5-3(1-7)4(6)2-8/h1-4H. The normalized spacial score (nSPS) is 16.8. The quantitative estimate of drug-likeness (QED) is 0.496. The van der Waals surface area contributed by atoms with Crippen LogP contribution in [-0.4, -0.2) is 24.9 Å². The van der Waals surface area contributed by atoms with Gasteiger partial charge in [0.1, 0.15) is 0 Å². The maximum atomic E-state index is 11.6. The Kier molecular flexibility index (Phi) is 2.91. The molecule has 0 spiro atoms. The van der Waals surface area contributed by atoms with E-state index in [0.717, 1.165) is 0 Å². The molecular formula is C4H4F2O2. The van der Waals surface area contributed by atoms with Crippen molar-refractivity contribution >= 4 is 12.6 Å². The Balaban J connectivity index is 3.60. The molecule has 0 bridgehead atoms. The van der Waals surface area contributed by atoms with Crippen LogP contribution in [0.15, 0.2) is 0 Å². The van der Waals surface area contributed by atoms with E-state index in [-0.39, 0.29) is 12.6 Å². The summed E-state index contributed by atoms with van der Waals surface area (Å²) in [5.74, 6) is 0. The van der Waals surface area contributed by atoms with Crippen molar-refractivity contribution in [1.82, 2.24) is 0 Å². The first-order valence-corrected chi connectivity index (χ1v) is 1.91. The first-order chi connectivity index (χ1) is 3.72. The van der Waals surface area contributed by atoms with Gasteiger partial charge in [0, 0.05) is 0 Å². The SMILES string of the molecule is O=CC(F)C(F)C=O. The van der Waals surface area contributed by atoms with Gasteiger partial charge in [-0.3, -0.25) is 9.59 Å². The van der Waals surface area contributed by atoms with Gasteiger partial charge >= 0.3 is 0 Å². The highest BCUT2D eigenvalue weighted by atomic mass is 19.2. The fraction of sp³-hybridized carbons (Fsp3) is 0.500. The van der Waals surface area contributed by atoms with Crippen molar-refractivity contribution in [3.8, 4) is 0 Å². The van der Waals surface area contributed by atoms with Crippen molar-refractivity contribution in [2.75, 3.05) is 0 Å². The van der Waals surface area contributed by atoms with Crippen molar-refractivity contribution < 1.29 is 18.4 Å². The fourth-order valence-electron chi connectivity index (χ4n) is 0.150. The average Bonchev–Trinajstić information content (AvgIpc) is 1.84. The van der Waals surface area contributed by atoms with Crippen molar-refractivity contribution in [3.63, 3.8) is 0 Å². The number of carbonyl (C=O) groups is 2. The van der Waals surface area contributed by atoms with Crippen LogP contribution in [0.4, 0.5) is 8.78 Å². The van der Waals surface area contributed by atoms with Gasteiger partial charge in [-0.05, 0) is 0 Å². The molecular weight excluding hydrogens is 118 g/mol. The highest BCUT2D eigenvalue weighted by Crippen LogP contribution is 1.95. The molecule has 0 fully saturated rings. The Morgan fingerprint density at radius 2 is 1.25 bits per heavy atom. The molecule has 8 heavy (non-hydrogen) atoms. The van der Waals surface area contributed by atoms with E-state index in [0.29, 0.717) is 0 Å². The molecule has 0 radical (unpaired) electrons. The van der Waals surface area contributed by atoms with Crippen LogP contribution < -0.4 is 0 Å². The molecule has 0 saturated carbocycles. The molecule has 2 nitrogen and oxygen atoms in total. The summed E-state index contributed by atoms with van der Waals surface area (Å²) < 4.78 is 23.1. The summed E-state index contributed by atoms with van der Waals surface area (Å²) in [6.45, 7) is 0. The Bertz CT molecular complexity index is 82.0. The third-order valence-corrected chi connectivity index (χ3v) is 0.564. The van der Waals surface area contributed by atoms with E-state index in [1.54, 1.807) is 0 Å². The summed E-state index contributed by atoms with van der Waals surface area (Å²) in [6, 6.07) is 0. The fourth-order valence-corrected chi connectivity index (χ4v) is 0.150. The summed E-state index contributed by atoms with van der Waals surface area (Å²) in [7, 11) is 0. The van der Waals surface area contributed by atoms with Crippen LogP contribution in [0.25, 0.3) is 0 Å². The molecule has 0 saturated heterocycles. The van der Waals surface area contributed by atoms with Crippen molar-refractivity contribution in [2.45, 2.75) is 12.3 Å². The Morgan fingerprint density at radius 1 is 1.00 bits per heavy atom. The van der Waals surface area contributed by atoms with E-state index in [2.05, 4.69) is 0 Å². The summed E-state index contributed by atoms with van der Waals surface area (Å²) in [4.78, 5) is 18.7. The molecule has 0 aliphatic rings. The smallest absolute Gasteiger partial charge is 0.193 e. The second-order valence-electron chi connectivity index (χ2n) is 1.16. The van der Waals surface area contributed by atoms with Crippen LogP contribution in [0.2, 0.25) is 0 Å². The second kappa shape index (κ2) is 3.23. The van der Waals surface area contributed by atoms with E-state index in [4.69, 9.17) is 0 Å². The first kappa shape index (κ1) is 7.20. The number of aldehydes is 2. The molecule has 0 amide bonds. The predicted octanol–water partition coefficient (Wildman–Crippen LogP) is 0.0604. The van der Waals surface area contributed by atoms with Gasteiger partial charge in [-0.1, -0.05) is 0 Å². The van der Waals surface area contributed by atoms with E-state index in [1.165, 1.54) is 0 Å². The van der Waals surface area contributed by atoms with Crippen LogP contribution in [0.3, 0.4) is 0 Å². The van der Waals surface area contributed by atoms with Gasteiger partial charge in [-0.25, -0.2) is 8.78 Å². The number of hydrogen-bond donors (Lipinski definition) is 0. The minimum atomic E-state index is -2.30. The monoisotopic (exact) mass is 122 g/mol. The van der Waals surface area contributed by atoms with E-state index in [1.807, 2.05) is 0 Å². The van der Waals surface area contributed by atoms with E-state index in [9.17, 15) is 18.4 Å². The molecule has 0 aromatic heterocycles. The highest BCUT2D eigenvalue weighted by Gasteiger charge is 2.17. The van der Waals surface area contributed by atoms with Gasteiger partial charge in [0.15, 0.2) is 24.9 Å². The summed E-state index contributed by atoms with van der Waals surface area (Å²) in [5, 5.41) is 0. The van der Waals surface area contributed by atoms with Crippen LogP contribution in [0, 0.1) is 0 Å². The summed E-state index contributed by atoms with van der Waals surface area (Å²) >= 11 is 0. The number of alkyl halides is 2. The first-order valence-electron chi connectivity index (χ1n) is 1.91. The van der Waals surface area contributed by atoms with E-state index >= 15 is 0 Å². The number of rotatable bonds is 3. The van der Waals surface area contributed by atoms with Gasteiger partial charge in [0.05, 0.1) is 0 Å². The van der Waals surface area contributed by atoms with Gasteiger partial charge in [0.2, 0.25) is 0 Å². The number of carbonyl (C=O) groups excluding carboxylic acids is 2. The maximum Gasteiger partial charge on any atom is 0.193 e. The van der Waals surface area contributed by atoms with Crippen molar-refractivity contribution in [1.29, 1.82) is 0 Å². The van der Waals surface area contributed by atoms with Crippen LogP contribution >= 0.6 is 0 Å². The summed E-state index contributed by atoms with van der Waals surface area (Å²) in [6.07, 6.45) is -5.10. The lowest BCUT2D eigenvalue weighted by atomic mass is 10.3. The van der Waals surface area contributed by atoms with Crippen molar-refractivity contribution in [2.24, 2.45) is 0 Å². The Hall–Kier alpha value is -0.800. The predicted molar refractivity (Wildman–Crippen MR) is 21.9 cm³/mol. The molecule has 46 valence electrons. The molecule has 0 aliphatic heterocycles. The van der Waals surface area contributed by atoms with Crippen LogP contribution in [0.5, 0.6) is 0 Å². The molecule has 0 aromatic rings. The van der Waals surface area contributed by atoms with Crippen LogP contribution in [0.1, 0.15) is 0 Å². The molecule has 0 N–H and O–H groups in total. The zero-order valence-electron chi connectivity index (χ0n) is 3.88. The molecule has 0 rings (SSSR count). The highest BCUT2D eigenvalue weighted by molar-refractivity contribution is 5.68. The Labute approximate surface area is 44.5 Å². The minimum Gasteiger partial charge on any atom is -0.300 e. The summed E-state index contributed by atoms with van der Waals surface area (Å²) in [5.41, 5.74) is 0. The third kappa shape index (κ3) is 1.77. The molecule has 0 aliphatic carbocycles. The lowest BCUT2D eigenvalue weighted by Gasteiger charge is -1.95. The minimum absolute atomic E-state index is 0.251. The van der Waals surface area contributed by atoms with Crippen LogP contribution in [-0.2, 0) is 9.59 Å². The molecule has 0 heterocycles. The molecule has 2 atom stereocenters. The zero-order chi connectivity index (χ0) is 6.57. The van der Waals surface area contributed by atoms with Gasteiger partial charge in [0.25, 0.3) is 0 Å². The largest absolute Gasteiger partial charge is 0.300 e. The topological polar surface area (TPSA) is 34.1 Å². The Morgan fingerprint density at radius 3 is 1.38 bits per heavy atom.